The molecule has 0 bridgehead atoms. The van der Waals surface area contributed by atoms with Gasteiger partial charge >= 0.3 is 0 Å². The predicted molar refractivity (Wildman–Crippen MR) is 121 cm³/mol. The molecule has 0 unspecified atom stereocenters. The van der Waals surface area contributed by atoms with Gasteiger partial charge in [-0.3, -0.25) is 4.90 Å². The van der Waals surface area contributed by atoms with Crippen LogP contribution in [-0.2, 0) is 6.42 Å². The molecule has 158 valence electrons. The first-order valence-corrected chi connectivity index (χ1v) is 11.2. The summed E-state index contributed by atoms with van der Waals surface area (Å²) in [6.45, 7) is 6.19. The molecule has 0 amide bonds. The summed E-state index contributed by atoms with van der Waals surface area (Å²) < 4.78 is 0. The molecule has 1 aliphatic heterocycles. The zero-order valence-electron chi connectivity index (χ0n) is 18.4. The minimum absolute atomic E-state index is 0.600. The van der Waals surface area contributed by atoms with Crippen molar-refractivity contribution < 1.29 is 0 Å². The Hall–Kier alpha value is -2.65. The maximum Gasteiger partial charge on any atom is 0.229 e. The zero-order chi connectivity index (χ0) is 21.1. The van der Waals surface area contributed by atoms with E-state index in [-0.39, 0.29) is 0 Å². The first-order chi connectivity index (χ1) is 14.6. The molecule has 2 heterocycles. The third kappa shape index (κ3) is 4.73. The van der Waals surface area contributed by atoms with Gasteiger partial charge in [-0.05, 0) is 63.8 Å². The number of hydrogen-bond donors (Lipinski definition) is 1. The van der Waals surface area contributed by atoms with Crippen molar-refractivity contribution in [2.24, 2.45) is 0 Å². The van der Waals surface area contributed by atoms with Crippen LogP contribution in [0, 0.1) is 18.3 Å². The van der Waals surface area contributed by atoms with Crippen LogP contribution in [-0.4, -0.2) is 47.1 Å². The summed E-state index contributed by atoms with van der Waals surface area (Å²) >= 11 is 0. The van der Waals surface area contributed by atoms with Crippen LogP contribution in [0.5, 0.6) is 0 Å². The highest BCUT2D eigenvalue weighted by molar-refractivity contribution is 5.59. The molecule has 4 rings (SSSR count). The van der Waals surface area contributed by atoms with Crippen molar-refractivity contribution in [3.63, 3.8) is 0 Å². The lowest BCUT2D eigenvalue weighted by Crippen LogP contribution is -2.47. The minimum atomic E-state index is 0.600. The van der Waals surface area contributed by atoms with Gasteiger partial charge in [-0.1, -0.05) is 19.4 Å². The van der Waals surface area contributed by atoms with E-state index in [4.69, 9.17) is 9.97 Å². The zero-order valence-corrected chi connectivity index (χ0v) is 18.4. The highest BCUT2D eigenvalue weighted by atomic mass is 15.3. The largest absolute Gasteiger partial charge is 0.355 e. The van der Waals surface area contributed by atoms with Crippen LogP contribution in [0.1, 0.15) is 55.8 Å². The van der Waals surface area contributed by atoms with Gasteiger partial charge < -0.3 is 10.2 Å². The van der Waals surface area contributed by atoms with Gasteiger partial charge in [0.05, 0.1) is 11.6 Å². The summed E-state index contributed by atoms with van der Waals surface area (Å²) in [4.78, 5) is 14.6. The molecular formula is C24H32N6. The maximum atomic E-state index is 9.33. The summed E-state index contributed by atoms with van der Waals surface area (Å²) in [5.41, 5.74) is 3.56. The second-order valence-corrected chi connectivity index (χ2v) is 8.70. The number of benzene rings is 1. The van der Waals surface area contributed by atoms with E-state index in [1.807, 2.05) is 25.1 Å². The Bertz CT molecular complexity index is 930. The molecule has 2 aromatic rings. The fourth-order valence-corrected chi connectivity index (χ4v) is 4.31. The number of piperidine rings is 1. The second kappa shape index (κ2) is 9.01. The van der Waals surface area contributed by atoms with Gasteiger partial charge in [-0.25, -0.2) is 4.98 Å². The molecular weight excluding hydrogens is 372 g/mol. The summed E-state index contributed by atoms with van der Waals surface area (Å²) in [6.07, 6.45) is 7.13. The Balaban J connectivity index is 1.57. The van der Waals surface area contributed by atoms with Crippen molar-refractivity contribution in [2.45, 2.75) is 64.5 Å². The molecule has 1 aromatic heterocycles. The van der Waals surface area contributed by atoms with E-state index < -0.39 is 0 Å². The standard InChI is InChI=1S/C24H32N6/c1-4-6-19-14-23(30-12-5-7-22(16-30)29(3)21-10-11-21)28-24(26-19)27-20-9-8-17(2)18(13-20)15-25/h8-9,13-14,21-22H,4-7,10-12,16H2,1-3H3,(H,26,27,28)/t22-/m0/s1. The van der Waals surface area contributed by atoms with Crippen LogP contribution in [0.4, 0.5) is 17.5 Å². The molecule has 1 aromatic carbocycles. The fourth-order valence-electron chi connectivity index (χ4n) is 4.31. The van der Waals surface area contributed by atoms with E-state index >= 15 is 0 Å². The van der Waals surface area contributed by atoms with Crippen molar-refractivity contribution in [1.82, 2.24) is 14.9 Å². The first kappa shape index (κ1) is 20.6. The Morgan fingerprint density at radius 2 is 2.03 bits per heavy atom. The van der Waals surface area contributed by atoms with E-state index in [1.165, 1.54) is 25.7 Å². The molecule has 0 radical (unpaired) electrons. The smallest absolute Gasteiger partial charge is 0.229 e. The normalized spacial score (nSPS) is 19.0. The van der Waals surface area contributed by atoms with E-state index in [2.05, 4.69) is 41.2 Å². The number of aryl methyl sites for hydroxylation is 2. The molecule has 1 saturated carbocycles. The molecule has 2 fully saturated rings. The molecule has 6 nitrogen and oxygen atoms in total. The van der Waals surface area contributed by atoms with Gasteiger partial charge in [0, 0.05) is 42.6 Å². The number of nitrogens with one attached hydrogen (secondary N) is 1. The van der Waals surface area contributed by atoms with Crippen molar-refractivity contribution in [2.75, 3.05) is 30.4 Å². The lowest BCUT2D eigenvalue weighted by atomic mass is 10.0. The van der Waals surface area contributed by atoms with Gasteiger partial charge in [0.25, 0.3) is 0 Å². The molecule has 30 heavy (non-hydrogen) atoms. The SMILES string of the molecule is CCCc1cc(N2CCC[C@H](N(C)C3CC3)C2)nc(Nc2ccc(C)c(C#N)c2)n1. The third-order valence-corrected chi connectivity index (χ3v) is 6.31. The van der Waals surface area contributed by atoms with Crippen LogP contribution in [0.25, 0.3) is 0 Å². The average Bonchev–Trinajstić information content (AvgIpc) is 3.60. The Labute approximate surface area is 179 Å². The first-order valence-electron chi connectivity index (χ1n) is 11.2. The van der Waals surface area contributed by atoms with Crippen molar-refractivity contribution >= 4 is 17.5 Å². The van der Waals surface area contributed by atoms with E-state index in [0.717, 1.165) is 54.7 Å². The highest BCUT2D eigenvalue weighted by Gasteiger charge is 2.33. The molecule has 6 heteroatoms. The lowest BCUT2D eigenvalue weighted by molar-refractivity contribution is 0.206. The van der Waals surface area contributed by atoms with E-state index in [9.17, 15) is 5.26 Å². The average molecular weight is 405 g/mol. The van der Waals surface area contributed by atoms with Crippen LogP contribution in [0.15, 0.2) is 24.3 Å². The Morgan fingerprint density at radius 3 is 2.77 bits per heavy atom. The quantitative estimate of drug-likeness (QED) is 0.737. The van der Waals surface area contributed by atoms with Crippen molar-refractivity contribution in [3.05, 3.63) is 41.1 Å². The summed E-state index contributed by atoms with van der Waals surface area (Å²) in [6, 6.07) is 11.6. The summed E-state index contributed by atoms with van der Waals surface area (Å²) in [5, 5.41) is 12.7. The van der Waals surface area contributed by atoms with Gasteiger partial charge in [0.2, 0.25) is 5.95 Å². The third-order valence-electron chi connectivity index (χ3n) is 6.31. The molecule has 1 atom stereocenters. The number of rotatable bonds is 7. The van der Waals surface area contributed by atoms with Gasteiger partial charge in [0.1, 0.15) is 5.82 Å². The van der Waals surface area contributed by atoms with Gasteiger partial charge in [-0.2, -0.15) is 10.2 Å². The molecule has 1 aliphatic carbocycles. The minimum Gasteiger partial charge on any atom is -0.355 e. The Morgan fingerprint density at radius 1 is 1.20 bits per heavy atom. The van der Waals surface area contributed by atoms with Gasteiger partial charge in [-0.15, -0.1) is 0 Å². The number of nitriles is 1. The Kier molecular flexibility index (Phi) is 6.19. The number of nitrogens with zero attached hydrogens (tertiary/aromatic N) is 5. The van der Waals surface area contributed by atoms with Crippen LogP contribution in [0.2, 0.25) is 0 Å². The topological polar surface area (TPSA) is 68.1 Å². The number of likely N-dealkylation sites (N-methyl/N-ethyl adjacent to an activating group) is 1. The monoisotopic (exact) mass is 404 g/mol. The van der Waals surface area contributed by atoms with E-state index in [0.29, 0.717) is 17.6 Å². The van der Waals surface area contributed by atoms with E-state index in [1.54, 1.807) is 0 Å². The van der Waals surface area contributed by atoms with Crippen LogP contribution < -0.4 is 10.2 Å². The van der Waals surface area contributed by atoms with Crippen molar-refractivity contribution in [3.8, 4) is 6.07 Å². The van der Waals surface area contributed by atoms with Crippen molar-refractivity contribution in [1.29, 1.82) is 5.26 Å². The molecule has 0 spiro atoms. The lowest BCUT2D eigenvalue weighted by Gasteiger charge is -2.38. The molecule has 1 saturated heterocycles. The van der Waals surface area contributed by atoms with Gasteiger partial charge in [0.15, 0.2) is 0 Å². The predicted octanol–water partition coefficient (Wildman–Crippen LogP) is 4.42. The number of aromatic nitrogens is 2. The molecule has 1 N–H and O–H groups in total. The number of hydrogen-bond acceptors (Lipinski definition) is 6. The van der Waals surface area contributed by atoms with Crippen LogP contribution >= 0.6 is 0 Å². The second-order valence-electron chi connectivity index (χ2n) is 8.70. The number of anilines is 3. The van der Waals surface area contributed by atoms with Crippen LogP contribution in [0.3, 0.4) is 0 Å². The summed E-state index contributed by atoms with van der Waals surface area (Å²) in [7, 11) is 2.28. The maximum absolute atomic E-state index is 9.33. The molecule has 2 aliphatic rings. The fraction of sp³-hybridized carbons (Fsp3) is 0.542. The highest BCUT2D eigenvalue weighted by Crippen LogP contribution is 2.31. The summed E-state index contributed by atoms with van der Waals surface area (Å²) in [5.74, 6) is 1.62.